The third-order valence-corrected chi connectivity index (χ3v) is 4.96. The number of ether oxygens (including phenoxy) is 1. The molecule has 1 atom stereocenters. The van der Waals surface area contributed by atoms with Crippen LogP contribution in [0.2, 0.25) is 0 Å². The maximum absolute atomic E-state index is 12.7. The first-order chi connectivity index (χ1) is 12.1. The van der Waals surface area contributed by atoms with Crippen LogP contribution in [0.5, 0.6) is 0 Å². The van der Waals surface area contributed by atoms with E-state index >= 15 is 0 Å². The largest absolute Gasteiger partial charge is 0.444 e. The van der Waals surface area contributed by atoms with E-state index in [1.54, 1.807) is 51.4 Å². The maximum atomic E-state index is 12.7. The molecule has 0 fully saturated rings. The zero-order chi connectivity index (χ0) is 19.5. The molecule has 2 rings (SSSR count). The van der Waals surface area contributed by atoms with Crippen LogP contribution in [0.1, 0.15) is 27.6 Å². The van der Waals surface area contributed by atoms with E-state index in [-0.39, 0.29) is 16.4 Å². The van der Waals surface area contributed by atoms with E-state index in [4.69, 9.17) is 4.74 Å². The Morgan fingerprint density at radius 1 is 1.04 bits per heavy atom. The molecule has 0 saturated carbocycles. The van der Waals surface area contributed by atoms with E-state index in [0.717, 1.165) is 6.26 Å². The third-order valence-electron chi connectivity index (χ3n) is 3.85. The van der Waals surface area contributed by atoms with E-state index in [9.17, 15) is 18.0 Å². The Balaban J connectivity index is 2.40. The van der Waals surface area contributed by atoms with Crippen molar-refractivity contribution in [3.63, 3.8) is 0 Å². The number of nitrogens with zero attached hydrogens (tertiary/aromatic N) is 1. The number of carbonyl (C=O) groups is 2. The lowest BCUT2D eigenvalue weighted by Crippen LogP contribution is -2.31. The molecule has 2 aromatic carbocycles. The molecule has 138 valence electrons. The number of esters is 1. The van der Waals surface area contributed by atoms with Gasteiger partial charge in [-0.05, 0) is 24.6 Å². The smallest absolute Gasteiger partial charge is 0.339 e. The lowest BCUT2D eigenvalue weighted by Gasteiger charge is -2.21. The van der Waals surface area contributed by atoms with E-state index < -0.39 is 21.9 Å². The number of hydrogen-bond donors (Lipinski definition) is 0. The molecule has 7 heteroatoms. The molecule has 26 heavy (non-hydrogen) atoms. The van der Waals surface area contributed by atoms with E-state index in [1.165, 1.54) is 23.1 Å². The molecule has 0 heterocycles. The molecule has 0 spiro atoms. The van der Waals surface area contributed by atoms with Crippen LogP contribution in [0.4, 0.5) is 0 Å². The fourth-order valence-corrected chi connectivity index (χ4v) is 2.99. The summed E-state index contributed by atoms with van der Waals surface area (Å²) in [4.78, 5) is 26.5. The van der Waals surface area contributed by atoms with Crippen molar-refractivity contribution in [1.29, 1.82) is 0 Å². The highest BCUT2D eigenvalue weighted by atomic mass is 32.2. The Hall–Kier alpha value is -2.67. The summed E-state index contributed by atoms with van der Waals surface area (Å²) in [5.41, 5.74) is 1.21. The van der Waals surface area contributed by atoms with Gasteiger partial charge < -0.3 is 9.64 Å². The van der Waals surface area contributed by atoms with E-state index in [0.29, 0.717) is 11.1 Å². The van der Waals surface area contributed by atoms with Gasteiger partial charge in [-0.1, -0.05) is 36.4 Å². The van der Waals surface area contributed by atoms with Crippen LogP contribution in [0.25, 0.3) is 0 Å². The van der Waals surface area contributed by atoms with E-state index in [1.807, 2.05) is 0 Å². The zero-order valence-corrected chi connectivity index (χ0v) is 15.9. The van der Waals surface area contributed by atoms with Crippen molar-refractivity contribution >= 4 is 21.7 Å². The van der Waals surface area contributed by atoms with Crippen molar-refractivity contribution in [3.05, 3.63) is 65.2 Å². The molecule has 1 amide bonds. The van der Waals surface area contributed by atoms with E-state index in [2.05, 4.69) is 0 Å². The summed E-state index contributed by atoms with van der Waals surface area (Å²) < 4.78 is 29.0. The normalized spacial score (nSPS) is 12.3. The SMILES string of the molecule is Cc1ccc(S(C)(=O)=O)cc1C(=O)O[C@H](C(=O)N(C)C)c1ccccc1. The van der Waals surface area contributed by atoms with Gasteiger partial charge in [-0.3, -0.25) is 4.79 Å². The molecular formula is C19H21NO5S. The maximum Gasteiger partial charge on any atom is 0.339 e. The minimum atomic E-state index is -3.47. The van der Waals surface area contributed by atoms with Crippen LogP contribution < -0.4 is 0 Å². The second kappa shape index (κ2) is 7.70. The van der Waals surface area contributed by atoms with Crippen LogP contribution in [-0.2, 0) is 19.4 Å². The molecule has 0 radical (unpaired) electrons. The number of aryl methyl sites for hydroxylation is 1. The predicted octanol–water partition coefficient (Wildman–Crippen LogP) is 2.38. The average molecular weight is 375 g/mol. The number of sulfone groups is 1. The minimum absolute atomic E-state index is 0.0187. The van der Waals surface area contributed by atoms with Gasteiger partial charge in [0.05, 0.1) is 10.5 Å². The Labute approximate surface area is 153 Å². The molecule has 0 aliphatic carbocycles. The summed E-state index contributed by atoms with van der Waals surface area (Å²) in [5.74, 6) is -1.14. The number of amides is 1. The highest BCUT2D eigenvalue weighted by Gasteiger charge is 2.28. The monoisotopic (exact) mass is 375 g/mol. The van der Waals surface area contributed by atoms with Crippen molar-refractivity contribution in [2.24, 2.45) is 0 Å². The molecule has 6 nitrogen and oxygen atoms in total. The molecule has 0 aromatic heterocycles. The Morgan fingerprint density at radius 2 is 1.65 bits per heavy atom. The first-order valence-corrected chi connectivity index (χ1v) is 9.78. The summed E-state index contributed by atoms with van der Waals surface area (Å²) >= 11 is 0. The minimum Gasteiger partial charge on any atom is -0.444 e. The van der Waals surface area contributed by atoms with Gasteiger partial charge in [0.25, 0.3) is 5.91 Å². The van der Waals surface area contributed by atoms with Gasteiger partial charge in [0, 0.05) is 25.9 Å². The molecule has 0 N–H and O–H groups in total. The Kier molecular flexibility index (Phi) is 5.82. The van der Waals surface area contributed by atoms with Gasteiger partial charge in [0.15, 0.2) is 9.84 Å². The molecule has 0 bridgehead atoms. The highest BCUT2D eigenvalue weighted by molar-refractivity contribution is 7.90. The lowest BCUT2D eigenvalue weighted by atomic mass is 10.1. The number of likely N-dealkylation sites (N-methyl/N-ethyl adjacent to an activating group) is 1. The number of hydrogen-bond acceptors (Lipinski definition) is 5. The second-order valence-electron chi connectivity index (χ2n) is 6.18. The lowest BCUT2D eigenvalue weighted by molar-refractivity contribution is -0.138. The van der Waals surface area contributed by atoms with Crippen molar-refractivity contribution in [1.82, 2.24) is 4.90 Å². The standard InChI is InChI=1S/C19H21NO5S/c1-13-10-11-15(26(4,23)24)12-16(13)19(22)25-17(18(21)20(2)3)14-8-6-5-7-9-14/h5-12,17H,1-4H3/t17-/m0/s1. The fraction of sp³-hybridized carbons (Fsp3) is 0.263. The third kappa shape index (κ3) is 4.49. The summed E-state index contributed by atoms with van der Waals surface area (Å²) in [6, 6.07) is 12.9. The number of rotatable bonds is 5. The topological polar surface area (TPSA) is 80.7 Å². The van der Waals surface area contributed by atoms with Crippen LogP contribution in [-0.4, -0.2) is 45.5 Å². The predicted molar refractivity (Wildman–Crippen MR) is 97.6 cm³/mol. The molecular weight excluding hydrogens is 354 g/mol. The van der Waals surface area contributed by atoms with Gasteiger partial charge in [-0.25, -0.2) is 13.2 Å². The van der Waals surface area contributed by atoms with Gasteiger partial charge in [-0.2, -0.15) is 0 Å². The van der Waals surface area contributed by atoms with Gasteiger partial charge in [-0.15, -0.1) is 0 Å². The molecule has 0 aliphatic heterocycles. The first kappa shape index (κ1) is 19.7. The number of carbonyl (C=O) groups excluding carboxylic acids is 2. The van der Waals surface area contributed by atoms with Crippen LogP contribution in [0, 0.1) is 6.92 Å². The van der Waals surface area contributed by atoms with Crippen LogP contribution in [0.15, 0.2) is 53.4 Å². The summed E-state index contributed by atoms with van der Waals surface area (Å²) in [6.45, 7) is 1.67. The zero-order valence-electron chi connectivity index (χ0n) is 15.1. The fourth-order valence-electron chi connectivity index (χ4n) is 2.35. The number of benzene rings is 2. The van der Waals surface area contributed by atoms with Gasteiger partial charge >= 0.3 is 5.97 Å². The van der Waals surface area contributed by atoms with Crippen LogP contribution in [0.3, 0.4) is 0 Å². The van der Waals surface area contributed by atoms with Crippen LogP contribution >= 0.6 is 0 Å². The van der Waals surface area contributed by atoms with Gasteiger partial charge in [0.2, 0.25) is 6.10 Å². The summed E-state index contributed by atoms with van der Waals surface area (Å²) in [6.07, 6.45) is -0.0465. The van der Waals surface area contributed by atoms with Crippen molar-refractivity contribution in [2.45, 2.75) is 17.9 Å². The second-order valence-corrected chi connectivity index (χ2v) is 8.19. The Morgan fingerprint density at radius 3 is 2.19 bits per heavy atom. The first-order valence-electron chi connectivity index (χ1n) is 7.89. The van der Waals surface area contributed by atoms with Gasteiger partial charge in [0.1, 0.15) is 0 Å². The molecule has 0 unspecified atom stereocenters. The molecule has 0 saturated heterocycles. The summed E-state index contributed by atoms with van der Waals surface area (Å²) in [5, 5.41) is 0. The highest BCUT2D eigenvalue weighted by Crippen LogP contribution is 2.23. The molecule has 2 aromatic rings. The summed E-state index contributed by atoms with van der Waals surface area (Å²) in [7, 11) is -0.327. The quantitative estimate of drug-likeness (QED) is 0.750. The van der Waals surface area contributed by atoms with Crippen molar-refractivity contribution in [2.75, 3.05) is 20.4 Å². The van der Waals surface area contributed by atoms with Crippen molar-refractivity contribution < 1.29 is 22.7 Å². The average Bonchev–Trinajstić information content (AvgIpc) is 2.58. The molecule has 0 aliphatic rings. The van der Waals surface area contributed by atoms with Crippen molar-refractivity contribution in [3.8, 4) is 0 Å². The Bertz CT molecular complexity index is 920.